The SMILES string of the molecule is c1ccc(-c2cc(-c3ccc4c(c3)OCO4)ccn2)cc1. The predicted octanol–water partition coefficient (Wildman–Crippen LogP) is 4.14. The number of fused-ring (bicyclic) bond motifs is 1. The van der Waals surface area contributed by atoms with Crippen molar-refractivity contribution in [1.29, 1.82) is 0 Å². The van der Waals surface area contributed by atoms with Crippen LogP contribution in [0.5, 0.6) is 11.5 Å². The lowest BCUT2D eigenvalue weighted by molar-refractivity contribution is 0.174. The minimum Gasteiger partial charge on any atom is -0.454 e. The highest BCUT2D eigenvalue weighted by molar-refractivity contribution is 5.72. The number of hydrogen-bond donors (Lipinski definition) is 0. The van der Waals surface area contributed by atoms with Crippen LogP contribution in [0.15, 0.2) is 66.9 Å². The summed E-state index contributed by atoms with van der Waals surface area (Å²) < 4.78 is 10.8. The maximum atomic E-state index is 5.44. The fourth-order valence-electron chi connectivity index (χ4n) is 2.45. The molecule has 0 amide bonds. The highest BCUT2D eigenvalue weighted by Crippen LogP contribution is 2.36. The molecule has 0 saturated carbocycles. The highest BCUT2D eigenvalue weighted by atomic mass is 16.7. The molecule has 3 heteroatoms. The van der Waals surface area contributed by atoms with Crippen molar-refractivity contribution in [1.82, 2.24) is 4.98 Å². The third-order valence-electron chi connectivity index (χ3n) is 3.54. The molecular weight excluding hydrogens is 262 g/mol. The molecule has 1 aromatic heterocycles. The van der Waals surface area contributed by atoms with E-state index in [9.17, 15) is 0 Å². The van der Waals surface area contributed by atoms with Gasteiger partial charge in [0.1, 0.15) is 0 Å². The Kier molecular flexibility index (Phi) is 2.82. The molecule has 0 saturated heterocycles. The van der Waals surface area contributed by atoms with Crippen LogP contribution in [0.3, 0.4) is 0 Å². The van der Waals surface area contributed by atoms with Gasteiger partial charge < -0.3 is 9.47 Å². The van der Waals surface area contributed by atoms with Gasteiger partial charge >= 0.3 is 0 Å². The zero-order chi connectivity index (χ0) is 14.1. The average Bonchev–Trinajstić information content (AvgIpc) is 3.03. The number of benzene rings is 2. The minimum absolute atomic E-state index is 0.296. The second-order valence-corrected chi connectivity index (χ2v) is 4.86. The fourth-order valence-corrected chi connectivity index (χ4v) is 2.45. The molecule has 0 atom stereocenters. The monoisotopic (exact) mass is 275 g/mol. The van der Waals surface area contributed by atoms with Crippen LogP contribution in [0.4, 0.5) is 0 Å². The molecule has 4 rings (SSSR count). The second-order valence-electron chi connectivity index (χ2n) is 4.86. The summed E-state index contributed by atoms with van der Waals surface area (Å²) in [5.74, 6) is 1.60. The highest BCUT2D eigenvalue weighted by Gasteiger charge is 2.14. The molecule has 0 radical (unpaired) electrons. The van der Waals surface area contributed by atoms with E-state index in [0.29, 0.717) is 6.79 Å². The van der Waals surface area contributed by atoms with Gasteiger partial charge in [0.15, 0.2) is 11.5 Å². The van der Waals surface area contributed by atoms with Crippen LogP contribution < -0.4 is 9.47 Å². The Hall–Kier alpha value is -2.81. The molecule has 0 bridgehead atoms. The van der Waals surface area contributed by atoms with E-state index in [4.69, 9.17) is 9.47 Å². The second kappa shape index (κ2) is 4.94. The van der Waals surface area contributed by atoms with Gasteiger partial charge in [0.2, 0.25) is 6.79 Å². The summed E-state index contributed by atoms with van der Waals surface area (Å²) in [6, 6.07) is 20.2. The first-order valence-electron chi connectivity index (χ1n) is 6.82. The van der Waals surface area contributed by atoms with Crippen LogP contribution in [-0.4, -0.2) is 11.8 Å². The van der Waals surface area contributed by atoms with Crippen molar-refractivity contribution in [2.24, 2.45) is 0 Å². The van der Waals surface area contributed by atoms with Crippen LogP contribution in [0.25, 0.3) is 22.4 Å². The summed E-state index contributed by atoms with van der Waals surface area (Å²) in [6.45, 7) is 0.296. The van der Waals surface area contributed by atoms with Gasteiger partial charge in [-0.15, -0.1) is 0 Å². The van der Waals surface area contributed by atoms with Crippen LogP contribution in [-0.2, 0) is 0 Å². The molecule has 1 aliphatic rings. The van der Waals surface area contributed by atoms with E-state index in [2.05, 4.69) is 23.2 Å². The maximum absolute atomic E-state index is 5.44. The average molecular weight is 275 g/mol. The third-order valence-corrected chi connectivity index (χ3v) is 3.54. The van der Waals surface area contributed by atoms with E-state index in [1.807, 2.05) is 48.7 Å². The molecule has 2 aromatic carbocycles. The molecule has 0 N–H and O–H groups in total. The topological polar surface area (TPSA) is 31.4 Å². The summed E-state index contributed by atoms with van der Waals surface area (Å²) >= 11 is 0. The Morgan fingerprint density at radius 3 is 2.43 bits per heavy atom. The van der Waals surface area contributed by atoms with E-state index in [0.717, 1.165) is 33.9 Å². The standard InChI is InChI=1S/C18H13NO2/c1-2-4-13(5-3-1)16-10-15(8-9-19-16)14-6-7-17-18(11-14)21-12-20-17/h1-11H,12H2. The largest absolute Gasteiger partial charge is 0.454 e. The Labute approximate surface area is 122 Å². The Morgan fingerprint density at radius 1 is 0.714 bits per heavy atom. The van der Waals surface area contributed by atoms with Gasteiger partial charge in [-0.2, -0.15) is 0 Å². The van der Waals surface area contributed by atoms with Crippen molar-refractivity contribution in [3.8, 4) is 33.9 Å². The van der Waals surface area contributed by atoms with Gasteiger partial charge in [-0.3, -0.25) is 4.98 Å². The predicted molar refractivity (Wildman–Crippen MR) is 81.2 cm³/mol. The molecule has 21 heavy (non-hydrogen) atoms. The van der Waals surface area contributed by atoms with E-state index < -0.39 is 0 Å². The fraction of sp³-hybridized carbons (Fsp3) is 0.0556. The first-order valence-corrected chi connectivity index (χ1v) is 6.82. The van der Waals surface area contributed by atoms with Crippen LogP contribution in [0.2, 0.25) is 0 Å². The van der Waals surface area contributed by atoms with Gasteiger partial charge in [-0.05, 0) is 35.4 Å². The molecule has 3 aromatic rings. The third kappa shape index (κ3) is 2.23. The lowest BCUT2D eigenvalue weighted by atomic mass is 10.0. The Balaban J connectivity index is 1.76. The lowest BCUT2D eigenvalue weighted by Crippen LogP contribution is -1.92. The van der Waals surface area contributed by atoms with E-state index in [1.54, 1.807) is 0 Å². The van der Waals surface area contributed by atoms with Crippen LogP contribution in [0.1, 0.15) is 0 Å². The molecule has 0 unspecified atom stereocenters. The number of pyridine rings is 1. The van der Waals surface area contributed by atoms with Crippen molar-refractivity contribution in [3.63, 3.8) is 0 Å². The Bertz CT molecular complexity index is 784. The van der Waals surface area contributed by atoms with Gasteiger partial charge in [0.05, 0.1) is 5.69 Å². The van der Waals surface area contributed by atoms with Crippen molar-refractivity contribution >= 4 is 0 Å². The summed E-state index contributed by atoms with van der Waals surface area (Å²) in [4.78, 5) is 4.45. The number of rotatable bonds is 2. The zero-order valence-corrected chi connectivity index (χ0v) is 11.3. The molecule has 3 nitrogen and oxygen atoms in total. The molecular formula is C18H13NO2. The number of nitrogens with zero attached hydrogens (tertiary/aromatic N) is 1. The van der Waals surface area contributed by atoms with Gasteiger partial charge in [-0.25, -0.2) is 0 Å². The van der Waals surface area contributed by atoms with E-state index in [-0.39, 0.29) is 0 Å². The molecule has 0 fully saturated rings. The lowest BCUT2D eigenvalue weighted by Gasteiger charge is -2.06. The summed E-state index contributed by atoms with van der Waals surface area (Å²) in [7, 11) is 0. The van der Waals surface area contributed by atoms with Crippen LogP contribution in [0, 0.1) is 0 Å². The number of aromatic nitrogens is 1. The smallest absolute Gasteiger partial charge is 0.231 e. The summed E-state index contributed by atoms with van der Waals surface area (Å²) in [5.41, 5.74) is 4.28. The van der Waals surface area contributed by atoms with Crippen molar-refractivity contribution in [3.05, 3.63) is 66.9 Å². The molecule has 2 heterocycles. The van der Waals surface area contributed by atoms with Gasteiger partial charge in [-0.1, -0.05) is 36.4 Å². The first kappa shape index (κ1) is 12.0. The van der Waals surface area contributed by atoms with Crippen LogP contribution >= 0.6 is 0 Å². The normalized spacial score (nSPS) is 12.4. The molecule has 0 spiro atoms. The summed E-state index contributed by atoms with van der Waals surface area (Å²) in [6.07, 6.45) is 1.84. The van der Waals surface area contributed by atoms with Crippen molar-refractivity contribution in [2.45, 2.75) is 0 Å². The van der Waals surface area contributed by atoms with E-state index >= 15 is 0 Å². The first-order chi connectivity index (χ1) is 10.4. The minimum atomic E-state index is 0.296. The van der Waals surface area contributed by atoms with E-state index in [1.165, 1.54) is 0 Å². The Morgan fingerprint density at radius 2 is 1.52 bits per heavy atom. The van der Waals surface area contributed by atoms with Crippen molar-refractivity contribution in [2.75, 3.05) is 6.79 Å². The van der Waals surface area contributed by atoms with Gasteiger partial charge in [0, 0.05) is 11.8 Å². The zero-order valence-electron chi connectivity index (χ0n) is 11.3. The molecule has 1 aliphatic heterocycles. The molecule has 102 valence electrons. The maximum Gasteiger partial charge on any atom is 0.231 e. The molecule has 0 aliphatic carbocycles. The van der Waals surface area contributed by atoms with Gasteiger partial charge in [0.25, 0.3) is 0 Å². The quantitative estimate of drug-likeness (QED) is 0.704. The summed E-state index contributed by atoms with van der Waals surface area (Å²) in [5, 5.41) is 0. The van der Waals surface area contributed by atoms with Crippen molar-refractivity contribution < 1.29 is 9.47 Å². The number of ether oxygens (including phenoxy) is 2. The number of hydrogen-bond acceptors (Lipinski definition) is 3.